The van der Waals surface area contributed by atoms with Gasteiger partial charge in [0.25, 0.3) is 10.0 Å². The van der Waals surface area contributed by atoms with Gasteiger partial charge in [-0.3, -0.25) is 4.72 Å². The van der Waals surface area contributed by atoms with Crippen LogP contribution in [0.5, 0.6) is 11.5 Å². The summed E-state index contributed by atoms with van der Waals surface area (Å²) in [4.78, 5) is 0.261. The van der Waals surface area contributed by atoms with Crippen LogP contribution in [0.2, 0.25) is 0 Å². The van der Waals surface area contributed by atoms with Crippen LogP contribution in [0.15, 0.2) is 71.6 Å². The summed E-state index contributed by atoms with van der Waals surface area (Å²) in [6.45, 7) is 3.81. The van der Waals surface area contributed by atoms with E-state index in [4.69, 9.17) is 9.47 Å². The lowest BCUT2D eigenvalue weighted by Gasteiger charge is -2.38. The third-order valence-corrected chi connectivity index (χ3v) is 8.48. The second-order valence-corrected chi connectivity index (χ2v) is 10.9. The van der Waals surface area contributed by atoms with Gasteiger partial charge in [-0.05, 0) is 67.1 Å². The van der Waals surface area contributed by atoms with Gasteiger partial charge in [0.1, 0.15) is 0 Å². The first-order valence-electron chi connectivity index (χ1n) is 11.7. The molecule has 0 bridgehead atoms. The summed E-state index contributed by atoms with van der Waals surface area (Å²) in [5.74, 6) is 1.74. The normalized spacial score (nSPS) is 20.5. The van der Waals surface area contributed by atoms with Gasteiger partial charge in [0.05, 0.1) is 30.8 Å². The number of aryl methyl sites for hydroxylation is 2. The minimum absolute atomic E-state index is 0.00255. The number of fused-ring (bicyclic) bond motifs is 3. The fourth-order valence-electron chi connectivity index (χ4n) is 5.37. The van der Waals surface area contributed by atoms with E-state index in [9.17, 15) is 8.42 Å². The Morgan fingerprint density at radius 2 is 1.69 bits per heavy atom. The number of rotatable bonds is 6. The Bertz CT molecular complexity index is 1390. The Labute approximate surface area is 207 Å². The van der Waals surface area contributed by atoms with Crippen LogP contribution in [-0.2, 0) is 10.0 Å². The van der Waals surface area contributed by atoms with Gasteiger partial charge in [0.2, 0.25) is 0 Å². The van der Waals surface area contributed by atoms with Crippen molar-refractivity contribution in [3.63, 3.8) is 0 Å². The average Bonchev–Trinajstić information content (AvgIpc) is 3.35. The van der Waals surface area contributed by atoms with Crippen molar-refractivity contribution in [2.75, 3.05) is 24.3 Å². The quantitative estimate of drug-likeness (QED) is 0.418. The third kappa shape index (κ3) is 4.04. The highest BCUT2D eigenvalue weighted by atomic mass is 32.2. The summed E-state index contributed by atoms with van der Waals surface area (Å²) in [7, 11) is -0.450. The van der Waals surface area contributed by atoms with E-state index in [2.05, 4.69) is 28.3 Å². The molecule has 0 fully saturated rings. The standard InChI is InChI=1S/C28H30N2O4S/c1-17-8-5-9-18(2)26(17)30-35(31,32)19-14-15-24-23(16-19)20-10-6-11-21(20)27(29-24)22-12-7-13-25(33-3)28(22)34-4/h5-10,12-16,20-21,27,29-30H,11H2,1-4H3. The molecule has 35 heavy (non-hydrogen) atoms. The Morgan fingerprint density at radius 3 is 2.40 bits per heavy atom. The van der Waals surface area contributed by atoms with Gasteiger partial charge in [-0.2, -0.15) is 0 Å². The molecule has 1 aliphatic heterocycles. The summed E-state index contributed by atoms with van der Waals surface area (Å²) in [6.07, 6.45) is 5.26. The smallest absolute Gasteiger partial charge is 0.261 e. The van der Waals surface area contributed by atoms with Crippen molar-refractivity contribution >= 4 is 21.4 Å². The molecule has 1 aliphatic carbocycles. The predicted octanol–water partition coefficient (Wildman–Crippen LogP) is 5.95. The Morgan fingerprint density at radius 1 is 0.943 bits per heavy atom. The second-order valence-electron chi connectivity index (χ2n) is 9.18. The lowest BCUT2D eigenvalue weighted by molar-refractivity contribution is 0.341. The molecule has 7 heteroatoms. The SMILES string of the molecule is COc1cccc(C2Nc3ccc(S(=O)(=O)Nc4c(C)cccc4C)cc3C3C=CCC32)c1OC. The molecule has 3 aromatic carbocycles. The van der Waals surface area contributed by atoms with E-state index in [1.807, 2.05) is 56.3 Å². The maximum Gasteiger partial charge on any atom is 0.261 e. The number of methoxy groups -OCH3 is 2. The lowest BCUT2D eigenvalue weighted by atomic mass is 9.77. The van der Waals surface area contributed by atoms with E-state index in [1.54, 1.807) is 20.3 Å². The topological polar surface area (TPSA) is 76.7 Å². The molecule has 182 valence electrons. The van der Waals surface area contributed by atoms with Crippen molar-refractivity contribution in [1.29, 1.82) is 0 Å². The highest BCUT2D eigenvalue weighted by Crippen LogP contribution is 2.52. The number of ether oxygens (including phenoxy) is 2. The van der Waals surface area contributed by atoms with Gasteiger partial charge in [0.15, 0.2) is 11.5 Å². The molecule has 1 heterocycles. The number of hydrogen-bond donors (Lipinski definition) is 2. The summed E-state index contributed by atoms with van der Waals surface area (Å²) in [5, 5.41) is 3.67. The Hall–Kier alpha value is -3.45. The maximum atomic E-state index is 13.3. The predicted molar refractivity (Wildman–Crippen MR) is 139 cm³/mol. The number of nitrogens with one attached hydrogen (secondary N) is 2. The summed E-state index contributed by atoms with van der Waals surface area (Å²) in [5.41, 5.74) is 5.37. The molecule has 3 atom stereocenters. The fourth-order valence-corrected chi connectivity index (χ4v) is 6.61. The number of benzene rings is 3. The van der Waals surface area contributed by atoms with E-state index in [0.29, 0.717) is 11.4 Å². The van der Waals surface area contributed by atoms with Crippen molar-refractivity contribution in [2.24, 2.45) is 5.92 Å². The highest BCUT2D eigenvalue weighted by Gasteiger charge is 2.40. The molecule has 6 nitrogen and oxygen atoms in total. The summed E-state index contributed by atoms with van der Waals surface area (Å²) >= 11 is 0. The Balaban J connectivity index is 1.53. The van der Waals surface area contributed by atoms with Crippen molar-refractivity contribution in [3.8, 4) is 11.5 Å². The third-order valence-electron chi connectivity index (χ3n) is 7.13. The molecule has 3 aromatic rings. The van der Waals surface area contributed by atoms with E-state index in [-0.39, 0.29) is 22.8 Å². The van der Waals surface area contributed by atoms with Crippen molar-refractivity contribution < 1.29 is 17.9 Å². The lowest BCUT2D eigenvalue weighted by Crippen LogP contribution is -2.29. The number of sulfonamides is 1. The van der Waals surface area contributed by atoms with Crippen LogP contribution in [0.3, 0.4) is 0 Å². The van der Waals surface area contributed by atoms with Gasteiger partial charge >= 0.3 is 0 Å². The minimum Gasteiger partial charge on any atom is -0.493 e. The van der Waals surface area contributed by atoms with Crippen molar-refractivity contribution in [2.45, 2.75) is 37.1 Å². The number of anilines is 2. The summed E-state index contributed by atoms with van der Waals surface area (Å²) < 4.78 is 40.7. The van der Waals surface area contributed by atoms with E-state index >= 15 is 0 Å². The van der Waals surface area contributed by atoms with Crippen LogP contribution in [0.25, 0.3) is 0 Å². The highest BCUT2D eigenvalue weighted by molar-refractivity contribution is 7.92. The van der Waals surface area contributed by atoms with Gasteiger partial charge in [-0.15, -0.1) is 0 Å². The Kier molecular flexibility index (Phi) is 5.97. The average molecular weight is 491 g/mol. The molecule has 0 aromatic heterocycles. The largest absolute Gasteiger partial charge is 0.493 e. The van der Waals surface area contributed by atoms with Crippen LogP contribution in [0, 0.1) is 19.8 Å². The monoisotopic (exact) mass is 490 g/mol. The van der Waals surface area contributed by atoms with Gasteiger partial charge < -0.3 is 14.8 Å². The zero-order chi connectivity index (χ0) is 24.7. The molecule has 0 saturated heterocycles. The first-order valence-corrected chi connectivity index (χ1v) is 13.2. The van der Waals surface area contributed by atoms with Gasteiger partial charge in [-0.25, -0.2) is 8.42 Å². The molecular weight excluding hydrogens is 460 g/mol. The van der Waals surface area contributed by atoms with E-state index in [1.165, 1.54) is 0 Å². The van der Waals surface area contributed by atoms with Crippen molar-refractivity contribution in [1.82, 2.24) is 0 Å². The fraction of sp³-hybridized carbons (Fsp3) is 0.286. The van der Waals surface area contributed by atoms with Crippen LogP contribution >= 0.6 is 0 Å². The maximum absolute atomic E-state index is 13.3. The number of allylic oxidation sites excluding steroid dienone is 2. The zero-order valence-corrected chi connectivity index (χ0v) is 21.1. The molecule has 0 spiro atoms. The van der Waals surface area contributed by atoms with Crippen LogP contribution in [-0.4, -0.2) is 22.6 Å². The molecular formula is C28H30N2O4S. The van der Waals surface area contributed by atoms with Crippen LogP contribution in [0.4, 0.5) is 11.4 Å². The number of para-hydroxylation sites is 2. The molecule has 0 amide bonds. The zero-order valence-electron chi connectivity index (χ0n) is 20.3. The van der Waals surface area contributed by atoms with Crippen LogP contribution in [0.1, 0.15) is 40.6 Å². The first kappa shape index (κ1) is 23.3. The minimum atomic E-state index is -3.74. The number of hydrogen-bond acceptors (Lipinski definition) is 5. The second kappa shape index (κ2) is 8.96. The van der Waals surface area contributed by atoms with Gasteiger partial charge in [-0.1, -0.05) is 42.5 Å². The van der Waals surface area contributed by atoms with Crippen molar-refractivity contribution in [3.05, 3.63) is 89.0 Å². The molecule has 0 radical (unpaired) electrons. The first-order chi connectivity index (χ1) is 16.8. The molecule has 2 aliphatic rings. The summed E-state index contributed by atoms with van der Waals surface area (Å²) in [6, 6.07) is 17.0. The molecule has 5 rings (SSSR count). The van der Waals surface area contributed by atoms with E-state index in [0.717, 1.165) is 40.1 Å². The molecule has 3 unspecified atom stereocenters. The van der Waals surface area contributed by atoms with Crippen LogP contribution < -0.4 is 19.5 Å². The molecule has 0 saturated carbocycles. The van der Waals surface area contributed by atoms with E-state index < -0.39 is 10.0 Å². The van der Waals surface area contributed by atoms with Gasteiger partial charge in [0, 0.05) is 17.2 Å². The molecule has 2 N–H and O–H groups in total.